The van der Waals surface area contributed by atoms with Crippen LogP contribution in [-0.2, 0) is 23.4 Å². The van der Waals surface area contributed by atoms with Gasteiger partial charge < -0.3 is 29.9 Å². The maximum Gasteiger partial charge on any atom is 0.459 e. The number of hydrogen-bond acceptors (Lipinski definition) is 11. The molecule has 5 rings (SSSR count). The molecule has 2 fully saturated rings. The molecule has 222 valence electrons. The van der Waals surface area contributed by atoms with Crippen LogP contribution in [0.2, 0.25) is 0 Å². The molecule has 1 aliphatic heterocycles. The number of nitrogens with zero attached hydrogens (tertiary/aromatic N) is 3. The van der Waals surface area contributed by atoms with E-state index in [0.717, 1.165) is 25.7 Å². The number of esters is 1. The lowest BCUT2D eigenvalue weighted by Gasteiger charge is -2.30. The molecule has 3 aromatic rings. The predicted octanol–water partition coefficient (Wildman–Crippen LogP) is 2.92. The quantitative estimate of drug-likeness (QED) is 0.190. The number of aromatic nitrogens is 3. The van der Waals surface area contributed by atoms with Gasteiger partial charge in [-0.3, -0.25) is 9.32 Å². The Morgan fingerprint density at radius 1 is 1.24 bits per heavy atom. The van der Waals surface area contributed by atoms with Gasteiger partial charge in [0.1, 0.15) is 53.7 Å². The zero-order chi connectivity index (χ0) is 29.2. The van der Waals surface area contributed by atoms with E-state index in [0.29, 0.717) is 11.2 Å². The van der Waals surface area contributed by atoms with Crippen molar-refractivity contribution < 1.29 is 38.1 Å². The summed E-state index contributed by atoms with van der Waals surface area (Å²) < 4.78 is 39.0. The molecule has 2 aliphatic rings. The van der Waals surface area contributed by atoms with Gasteiger partial charge in [-0.15, -0.1) is 0 Å². The fraction of sp³-hybridized carbons (Fsp3) is 0.519. The summed E-state index contributed by atoms with van der Waals surface area (Å²) >= 11 is 0. The highest BCUT2D eigenvalue weighted by molar-refractivity contribution is 7.52. The Bertz CT molecular complexity index is 1400. The molecular formula is C27H36N5O8P. The van der Waals surface area contributed by atoms with Gasteiger partial charge in [0.05, 0.1) is 12.3 Å². The number of rotatable bonds is 11. The van der Waals surface area contributed by atoms with Gasteiger partial charge in [-0.05, 0) is 63.3 Å². The largest absolute Gasteiger partial charge is 0.461 e. The minimum absolute atomic E-state index is 0.168. The molecule has 0 radical (unpaired) electrons. The molecule has 2 aromatic heterocycles. The highest BCUT2D eigenvalue weighted by Crippen LogP contribution is 2.48. The van der Waals surface area contributed by atoms with Gasteiger partial charge in [0.15, 0.2) is 5.82 Å². The summed E-state index contributed by atoms with van der Waals surface area (Å²) in [5.74, 6) is -0.0530. The molecule has 1 aliphatic carbocycles. The molecule has 0 bridgehead atoms. The second-order valence-electron chi connectivity index (χ2n) is 10.6. The lowest BCUT2D eigenvalue weighted by atomic mass is 9.97. The predicted molar refractivity (Wildman–Crippen MR) is 148 cm³/mol. The first-order chi connectivity index (χ1) is 19.6. The summed E-state index contributed by atoms with van der Waals surface area (Å²) in [6, 6.07) is 10.8. The second kappa shape index (κ2) is 12.0. The van der Waals surface area contributed by atoms with Crippen molar-refractivity contribution in [1.82, 2.24) is 19.7 Å². The van der Waals surface area contributed by atoms with Crippen LogP contribution in [0.1, 0.15) is 57.7 Å². The molecule has 6 atom stereocenters. The Morgan fingerprint density at radius 2 is 1.98 bits per heavy atom. The first kappa shape index (κ1) is 29.4. The standard InChI is InChI=1S/C27H36N5O8P/c1-3-19(26(35)38-17-9-7-8-10-17)31-41(36,40-18-11-5-4-6-12-18)37-15-27(2)24(34)22(33)23(39-27)20-13-14-21-25(28)29-16-30-32(20)21/h4-6,11-14,16-17,19,22-24,33-34H,3,7-10,15H2,1-2H3,(H,31,36)(H2,28,29,30)/t19-,22-,23-,24-,27+,41+/m0/s1. The summed E-state index contributed by atoms with van der Waals surface area (Å²) in [6.07, 6.45) is 1.13. The van der Waals surface area contributed by atoms with Crippen molar-refractivity contribution >= 4 is 25.1 Å². The maximum atomic E-state index is 14.1. The zero-order valence-electron chi connectivity index (χ0n) is 23.0. The van der Waals surface area contributed by atoms with E-state index in [1.807, 2.05) is 0 Å². The van der Waals surface area contributed by atoms with Gasteiger partial charge >= 0.3 is 13.7 Å². The third kappa shape index (κ3) is 6.25. The van der Waals surface area contributed by atoms with Crippen molar-refractivity contribution in [2.75, 3.05) is 12.3 Å². The van der Waals surface area contributed by atoms with Gasteiger partial charge in [0, 0.05) is 0 Å². The van der Waals surface area contributed by atoms with Crippen LogP contribution in [0, 0.1) is 0 Å². The Labute approximate surface area is 237 Å². The number of hydrogen-bond donors (Lipinski definition) is 4. The molecule has 1 saturated carbocycles. The van der Waals surface area contributed by atoms with Crippen LogP contribution in [-0.4, -0.2) is 67.3 Å². The van der Waals surface area contributed by atoms with Crippen LogP contribution in [0.3, 0.4) is 0 Å². The molecule has 3 heterocycles. The molecule has 5 N–H and O–H groups in total. The fourth-order valence-electron chi connectivity index (χ4n) is 5.18. The van der Waals surface area contributed by atoms with Crippen molar-refractivity contribution in [2.24, 2.45) is 0 Å². The van der Waals surface area contributed by atoms with E-state index in [4.69, 9.17) is 24.3 Å². The first-order valence-corrected chi connectivity index (χ1v) is 15.3. The number of anilines is 1. The molecule has 13 nitrogen and oxygen atoms in total. The minimum atomic E-state index is -4.25. The van der Waals surface area contributed by atoms with Gasteiger partial charge in [-0.1, -0.05) is 25.1 Å². The van der Waals surface area contributed by atoms with Gasteiger partial charge in [0.25, 0.3) is 0 Å². The van der Waals surface area contributed by atoms with Gasteiger partial charge in [0.2, 0.25) is 0 Å². The third-order valence-corrected chi connectivity index (χ3v) is 9.09. The third-order valence-electron chi connectivity index (χ3n) is 7.54. The minimum Gasteiger partial charge on any atom is -0.461 e. The number of carbonyl (C=O) groups excluding carboxylic acids is 1. The molecule has 0 spiro atoms. The summed E-state index contributed by atoms with van der Waals surface area (Å²) in [6.45, 7) is 2.83. The van der Waals surface area contributed by atoms with Crippen LogP contribution < -0.4 is 15.3 Å². The van der Waals surface area contributed by atoms with Crippen molar-refractivity contribution in [3.8, 4) is 5.75 Å². The topological polar surface area (TPSA) is 180 Å². The molecule has 0 amide bonds. The van der Waals surface area contributed by atoms with Crippen LogP contribution in [0.15, 0.2) is 48.8 Å². The number of carbonyl (C=O) groups is 1. The van der Waals surface area contributed by atoms with E-state index in [1.54, 1.807) is 49.4 Å². The zero-order valence-corrected chi connectivity index (χ0v) is 23.9. The number of benzene rings is 1. The van der Waals surface area contributed by atoms with E-state index < -0.39 is 50.3 Å². The Balaban J connectivity index is 1.35. The van der Waals surface area contributed by atoms with Crippen molar-refractivity contribution in [3.05, 3.63) is 54.5 Å². The smallest absolute Gasteiger partial charge is 0.459 e. The monoisotopic (exact) mass is 589 g/mol. The van der Waals surface area contributed by atoms with Crippen molar-refractivity contribution in [2.45, 2.75) is 82.0 Å². The van der Waals surface area contributed by atoms with Crippen LogP contribution in [0.4, 0.5) is 5.82 Å². The van der Waals surface area contributed by atoms with E-state index in [1.165, 1.54) is 17.8 Å². The number of para-hydroxylation sites is 1. The van der Waals surface area contributed by atoms with Gasteiger partial charge in [-0.2, -0.15) is 10.2 Å². The lowest BCUT2D eigenvalue weighted by Crippen LogP contribution is -2.45. The van der Waals surface area contributed by atoms with Crippen molar-refractivity contribution in [1.29, 1.82) is 0 Å². The molecule has 0 unspecified atom stereocenters. The first-order valence-electron chi connectivity index (χ1n) is 13.7. The average Bonchev–Trinajstić information content (AvgIpc) is 3.68. The summed E-state index contributed by atoms with van der Waals surface area (Å²) in [5.41, 5.74) is 5.36. The fourth-order valence-corrected chi connectivity index (χ4v) is 6.85. The number of nitrogens with two attached hydrogens (primary N) is 1. The van der Waals surface area contributed by atoms with E-state index in [9.17, 15) is 19.6 Å². The second-order valence-corrected chi connectivity index (χ2v) is 12.3. The average molecular weight is 590 g/mol. The molecular weight excluding hydrogens is 553 g/mol. The maximum absolute atomic E-state index is 14.1. The Hall–Kier alpha value is -3.06. The Morgan fingerprint density at radius 3 is 2.68 bits per heavy atom. The number of fused-ring (bicyclic) bond motifs is 1. The Kier molecular flexibility index (Phi) is 8.65. The number of ether oxygens (including phenoxy) is 2. The number of nitrogen functional groups attached to an aromatic ring is 1. The number of nitrogens with one attached hydrogen (secondary N) is 1. The highest BCUT2D eigenvalue weighted by Gasteiger charge is 2.54. The highest BCUT2D eigenvalue weighted by atomic mass is 31.2. The molecule has 14 heteroatoms. The van der Waals surface area contributed by atoms with Crippen molar-refractivity contribution in [3.63, 3.8) is 0 Å². The molecule has 1 saturated heterocycles. The molecule has 1 aromatic carbocycles. The normalized spacial score (nSPS) is 27.1. The van der Waals surface area contributed by atoms with Crippen LogP contribution in [0.25, 0.3) is 5.52 Å². The summed E-state index contributed by atoms with van der Waals surface area (Å²) in [4.78, 5) is 16.9. The number of aliphatic hydroxyl groups excluding tert-OH is 2. The van der Waals surface area contributed by atoms with Crippen LogP contribution in [0.5, 0.6) is 5.75 Å². The van der Waals surface area contributed by atoms with E-state index in [-0.39, 0.29) is 24.1 Å². The van der Waals surface area contributed by atoms with E-state index in [2.05, 4.69) is 15.2 Å². The summed E-state index contributed by atoms with van der Waals surface area (Å²) in [5, 5.41) is 28.9. The molecule has 41 heavy (non-hydrogen) atoms. The summed E-state index contributed by atoms with van der Waals surface area (Å²) in [7, 11) is -4.25. The SMILES string of the molecule is CC[C@H](N[P@@](=O)(OC[C@@]1(C)O[C@@H](c2ccc3c(N)ncnn23)[C@H](O)[C@@H]1O)Oc1ccccc1)C(=O)OC1CCCC1. The number of aliphatic hydroxyl groups is 2. The van der Waals surface area contributed by atoms with E-state index >= 15 is 0 Å². The lowest BCUT2D eigenvalue weighted by molar-refractivity contribution is -0.151. The van der Waals surface area contributed by atoms with Crippen LogP contribution >= 0.6 is 7.75 Å². The van der Waals surface area contributed by atoms with Gasteiger partial charge in [-0.25, -0.2) is 14.1 Å².